The highest BCUT2D eigenvalue weighted by Gasteiger charge is 1.97. The third kappa shape index (κ3) is 12.4. The molecule has 0 aliphatic carbocycles. The minimum Gasteiger partial charge on any atom is -0.417 e. The van der Waals surface area contributed by atoms with Crippen LogP contribution in [0.1, 0.15) is 25.7 Å². The highest BCUT2D eigenvalue weighted by atomic mass is 28.3. The van der Waals surface area contributed by atoms with Gasteiger partial charge < -0.3 is 4.43 Å². The van der Waals surface area contributed by atoms with Crippen molar-refractivity contribution in [1.82, 2.24) is 0 Å². The van der Waals surface area contributed by atoms with Crippen LogP contribution in [0.4, 0.5) is 0 Å². The number of rotatable bonds is 8. The van der Waals surface area contributed by atoms with Gasteiger partial charge in [0, 0.05) is 15.4 Å². The van der Waals surface area contributed by atoms with E-state index in [0.29, 0.717) is 0 Å². The van der Waals surface area contributed by atoms with Crippen molar-refractivity contribution < 1.29 is 4.43 Å². The van der Waals surface area contributed by atoms with E-state index in [1.54, 1.807) is 0 Å². The zero-order valence-electron chi connectivity index (χ0n) is 9.65. The normalized spacial score (nSPS) is 11.5. The van der Waals surface area contributed by atoms with E-state index in [1.165, 1.54) is 31.7 Å². The molecular formula is C10H24OSi2. The Kier molecular flexibility index (Phi) is 9.24. The third-order valence-electron chi connectivity index (χ3n) is 1.96. The van der Waals surface area contributed by atoms with E-state index in [0.717, 1.165) is 6.61 Å². The first-order valence-corrected chi connectivity index (χ1v) is 10.5. The molecule has 3 heteroatoms. The first-order chi connectivity index (χ1) is 6.13. The summed E-state index contributed by atoms with van der Waals surface area (Å²) in [5, 5.41) is 0. The molecule has 0 saturated carbocycles. The summed E-state index contributed by atoms with van der Waals surface area (Å²) in [4.78, 5) is 0. The minimum atomic E-state index is -0.435. The van der Waals surface area contributed by atoms with Crippen molar-refractivity contribution >= 4 is 17.8 Å². The van der Waals surface area contributed by atoms with E-state index in [2.05, 4.69) is 26.2 Å². The molecule has 0 rings (SSSR count). The molecule has 0 heterocycles. The molecule has 0 aromatic heterocycles. The van der Waals surface area contributed by atoms with Crippen LogP contribution in [-0.2, 0) is 4.43 Å². The van der Waals surface area contributed by atoms with E-state index in [1.807, 2.05) is 0 Å². The van der Waals surface area contributed by atoms with Gasteiger partial charge in [-0.2, -0.15) is 0 Å². The average molecular weight is 216 g/mol. The summed E-state index contributed by atoms with van der Waals surface area (Å²) in [6.45, 7) is 10.2. The SMILES string of the molecule is C[Si](C)CCCCCCO[Si](C)C. The van der Waals surface area contributed by atoms with Crippen molar-refractivity contribution in [1.29, 1.82) is 0 Å². The van der Waals surface area contributed by atoms with Gasteiger partial charge in [-0.15, -0.1) is 0 Å². The molecule has 0 unspecified atom stereocenters. The van der Waals surface area contributed by atoms with Crippen LogP contribution >= 0.6 is 0 Å². The fourth-order valence-corrected chi connectivity index (χ4v) is 2.72. The van der Waals surface area contributed by atoms with E-state index in [4.69, 9.17) is 4.43 Å². The largest absolute Gasteiger partial charge is 0.417 e. The van der Waals surface area contributed by atoms with Crippen LogP contribution in [0.25, 0.3) is 0 Å². The molecule has 1 nitrogen and oxygen atoms in total. The maximum Gasteiger partial charge on any atom is 0.204 e. The topological polar surface area (TPSA) is 9.23 Å². The summed E-state index contributed by atoms with van der Waals surface area (Å²) < 4.78 is 5.58. The monoisotopic (exact) mass is 216 g/mol. The van der Waals surface area contributed by atoms with Crippen LogP contribution in [0.5, 0.6) is 0 Å². The van der Waals surface area contributed by atoms with E-state index >= 15 is 0 Å². The number of unbranched alkanes of at least 4 members (excludes halogenated alkanes) is 3. The van der Waals surface area contributed by atoms with E-state index in [-0.39, 0.29) is 8.80 Å². The fourth-order valence-electron chi connectivity index (χ4n) is 1.21. The van der Waals surface area contributed by atoms with Crippen molar-refractivity contribution in [3.8, 4) is 0 Å². The van der Waals surface area contributed by atoms with Crippen molar-refractivity contribution in [3.63, 3.8) is 0 Å². The van der Waals surface area contributed by atoms with Gasteiger partial charge in [0.2, 0.25) is 9.04 Å². The van der Waals surface area contributed by atoms with E-state index < -0.39 is 9.04 Å². The minimum absolute atomic E-state index is 0.0334. The van der Waals surface area contributed by atoms with Crippen molar-refractivity contribution in [3.05, 3.63) is 0 Å². The van der Waals surface area contributed by atoms with Crippen molar-refractivity contribution in [2.75, 3.05) is 6.61 Å². The van der Waals surface area contributed by atoms with Gasteiger partial charge in [0.25, 0.3) is 0 Å². The molecular weight excluding hydrogens is 192 g/mol. The van der Waals surface area contributed by atoms with Gasteiger partial charge in [-0.1, -0.05) is 38.4 Å². The summed E-state index contributed by atoms with van der Waals surface area (Å²) in [6.07, 6.45) is 5.49. The fraction of sp³-hybridized carbons (Fsp3) is 1.00. The van der Waals surface area contributed by atoms with Crippen LogP contribution in [0.3, 0.4) is 0 Å². The molecule has 78 valence electrons. The van der Waals surface area contributed by atoms with Gasteiger partial charge in [0.1, 0.15) is 0 Å². The second-order valence-corrected chi connectivity index (χ2v) is 9.15. The van der Waals surface area contributed by atoms with Gasteiger partial charge >= 0.3 is 0 Å². The zero-order chi connectivity index (χ0) is 10.1. The third-order valence-corrected chi connectivity index (χ3v) is 4.10. The first-order valence-electron chi connectivity index (χ1n) is 5.35. The van der Waals surface area contributed by atoms with Gasteiger partial charge in [0.05, 0.1) is 0 Å². The highest BCUT2D eigenvalue weighted by molar-refractivity contribution is 6.55. The lowest BCUT2D eigenvalue weighted by Crippen LogP contribution is -2.08. The Morgan fingerprint density at radius 3 is 2.00 bits per heavy atom. The Labute approximate surface area is 87.2 Å². The summed E-state index contributed by atoms with van der Waals surface area (Å²) in [5.41, 5.74) is 0. The van der Waals surface area contributed by atoms with Crippen LogP contribution in [0.2, 0.25) is 32.2 Å². The molecule has 0 aliphatic rings. The lowest BCUT2D eigenvalue weighted by atomic mass is 10.2. The summed E-state index contributed by atoms with van der Waals surface area (Å²) >= 11 is 0. The Bertz CT molecular complexity index is 93.1. The van der Waals surface area contributed by atoms with E-state index in [9.17, 15) is 0 Å². The Balaban J connectivity index is 2.92. The second-order valence-electron chi connectivity index (χ2n) is 4.13. The van der Waals surface area contributed by atoms with Gasteiger partial charge in [-0.3, -0.25) is 0 Å². The number of hydrogen-bond donors (Lipinski definition) is 0. The molecule has 0 saturated heterocycles. The molecule has 0 atom stereocenters. The molecule has 0 aliphatic heterocycles. The van der Waals surface area contributed by atoms with Crippen LogP contribution in [0, 0.1) is 0 Å². The maximum atomic E-state index is 5.58. The van der Waals surface area contributed by atoms with Gasteiger partial charge in [-0.25, -0.2) is 0 Å². The molecule has 0 amide bonds. The Morgan fingerprint density at radius 2 is 1.46 bits per heavy atom. The quantitative estimate of drug-likeness (QED) is 0.445. The summed E-state index contributed by atoms with van der Waals surface area (Å²) in [6, 6.07) is 1.49. The Hall–Kier alpha value is 0.394. The highest BCUT2D eigenvalue weighted by Crippen LogP contribution is 2.06. The Morgan fingerprint density at radius 1 is 0.846 bits per heavy atom. The predicted molar refractivity (Wildman–Crippen MR) is 64.2 cm³/mol. The standard InChI is InChI=1S/C10H24OSi2/c1-12(2)10-8-6-5-7-9-11-13(3)4/h5-10H2,1-4H3. The molecule has 0 aromatic rings. The van der Waals surface area contributed by atoms with Crippen LogP contribution < -0.4 is 0 Å². The summed E-state index contributed by atoms with van der Waals surface area (Å²) in [7, 11) is -0.402. The molecule has 0 aromatic carbocycles. The first kappa shape index (κ1) is 13.4. The zero-order valence-corrected chi connectivity index (χ0v) is 11.7. The van der Waals surface area contributed by atoms with Crippen LogP contribution in [-0.4, -0.2) is 24.4 Å². The van der Waals surface area contributed by atoms with Crippen molar-refractivity contribution in [2.24, 2.45) is 0 Å². The molecule has 0 N–H and O–H groups in total. The van der Waals surface area contributed by atoms with Crippen molar-refractivity contribution in [2.45, 2.75) is 57.9 Å². The lowest BCUT2D eigenvalue weighted by Gasteiger charge is -2.06. The molecule has 2 radical (unpaired) electrons. The molecule has 0 spiro atoms. The lowest BCUT2D eigenvalue weighted by molar-refractivity contribution is 0.312. The maximum absolute atomic E-state index is 5.58. The number of hydrogen-bond acceptors (Lipinski definition) is 1. The van der Waals surface area contributed by atoms with Gasteiger partial charge in [0.15, 0.2) is 0 Å². The average Bonchev–Trinajstić information content (AvgIpc) is 2.01. The predicted octanol–water partition coefficient (Wildman–Crippen LogP) is 3.57. The second kappa shape index (κ2) is 8.97. The molecule has 0 fully saturated rings. The van der Waals surface area contributed by atoms with Crippen LogP contribution in [0.15, 0.2) is 0 Å². The van der Waals surface area contributed by atoms with Gasteiger partial charge in [-0.05, 0) is 19.5 Å². The molecule has 0 bridgehead atoms. The molecule has 13 heavy (non-hydrogen) atoms. The summed E-state index contributed by atoms with van der Waals surface area (Å²) in [5.74, 6) is 0. The smallest absolute Gasteiger partial charge is 0.204 e.